The van der Waals surface area contributed by atoms with Crippen LogP contribution in [0.2, 0.25) is 0 Å². The zero-order chi connectivity index (χ0) is 57.0. The lowest BCUT2D eigenvalue weighted by Crippen LogP contribution is -2.41. The van der Waals surface area contributed by atoms with E-state index in [1.54, 1.807) is 48.6 Å². The SMILES string of the molecule is CCC(=O)CCCSSC(C)(C)CCC(=O)N[C@@H](C)C(=O)C[C@H](C)C(=O)Nc1cc(COc2cc3c(cc2C)C(=O)N2c4ccccc4C[C@H]2CN3C)cc(COc2cc3c(cc2OC)C(=O)N2c4ccccc4C[C@H]2CN3C)c1. The number of carbonyl (C=O) groups excluding carboxylic acids is 6. The first-order chi connectivity index (χ1) is 38.3. The van der Waals surface area contributed by atoms with Crippen LogP contribution in [0.3, 0.4) is 0 Å². The molecular formula is C63H74N6O9S2. The number of nitrogens with one attached hydrogen (secondary N) is 2. The third-order valence-corrected chi connectivity index (χ3v) is 19.1. The highest BCUT2D eigenvalue weighted by Crippen LogP contribution is 2.44. The maximum atomic E-state index is 14.3. The van der Waals surface area contributed by atoms with Crippen LogP contribution in [0.15, 0.2) is 91.0 Å². The quantitative estimate of drug-likeness (QED) is 0.0469. The Bertz CT molecular complexity index is 3200. The first-order valence-electron chi connectivity index (χ1n) is 27.8. The summed E-state index contributed by atoms with van der Waals surface area (Å²) in [7, 11) is 8.95. The Morgan fingerprint density at radius 1 is 0.725 bits per heavy atom. The van der Waals surface area contributed by atoms with E-state index in [9.17, 15) is 28.8 Å². The Kier molecular flexibility index (Phi) is 17.9. The number of ether oxygens (including phenoxy) is 3. The zero-order valence-corrected chi connectivity index (χ0v) is 49.1. The minimum absolute atomic E-state index is 0.000971. The summed E-state index contributed by atoms with van der Waals surface area (Å²) in [6, 6.07) is 28.3. The van der Waals surface area contributed by atoms with E-state index in [2.05, 4.69) is 46.4 Å². The van der Waals surface area contributed by atoms with Gasteiger partial charge in [0.15, 0.2) is 17.3 Å². The molecule has 4 atom stereocenters. The van der Waals surface area contributed by atoms with Gasteiger partial charge < -0.3 is 44.4 Å². The number of carbonyl (C=O) groups is 6. The van der Waals surface area contributed by atoms with Crippen molar-refractivity contribution in [1.82, 2.24) is 5.32 Å². The summed E-state index contributed by atoms with van der Waals surface area (Å²) < 4.78 is 18.9. The van der Waals surface area contributed by atoms with Crippen molar-refractivity contribution in [1.29, 1.82) is 0 Å². The highest BCUT2D eigenvalue weighted by Gasteiger charge is 2.41. The van der Waals surface area contributed by atoms with Crippen LogP contribution >= 0.6 is 21.6 Å². The lowest BCUT2D eigenvalue weighted by atomic mass is 9.99. The molecule has 4 aliphatic rings. The van der Waals surface area contributed by atoms with Gasteiger partial charge in [-0.3, -0.25) is 28.8 Å². The van der Waals surface area contributed by atoms with Gasteiger partial charge in [-0.1, -0.05) is 71.8 Å². The molecule has 0 aromatic heterocycles. The molecule has 15 nitrogen and oxygen atoms in total. The van der Waals surface area contributed by atoms with Crippen LogP contribution in [0.25, 0.3) is 0 Å². The second kappa shape index (κ2) is 24.8. The normalized spacial score (nSPS) is 17.0. The summed E-state index contributed by atoms with van der Waals surface area (Å²) in [6.07, 6.45) is 4.28. The van der Waals surface area contributed by atoms with E-state index < -0.39 is 12.0 Å². The molecule has 17 heteroatoms. The maximum Gasteiger partial charge on any atom is 0.260 e. The minimum atomic E-state index is -0.789. The van der Waals surface area contributed by atoms with E-state index in [0.29, 0.717) is 72.0 Å². The fourth-order valence-electron chi connectivity index (χ4n) is 11.2. The zero-order valence-electron chi connectivity index (χ0n) is 47.4. The second-order valence-electron chi connectivity index (χ2n) is 22.4. The largest absolute Gasteiger partial charge is 0.493 e. The van der Waals surface area contributed by atoms with Gasteiger partial charge in [-0.2, -0.15) is 0 Å². The smallest absolute Gasteiger partial charge is 0.260 e. The van der Waals surface area contributed by atoms with Crippen LogP contribution in [-0.4, -0.2) is 98.1 Å². The molecular weight excluding hydrogens is 1050 g/mol. The molecule has 4 heterocycles. The number of fused-ring (bicyclic) bond motifs is 8. The van der Waals surface area contributed by atoms with Gasteiger partial charge in [-0.15, -0.1) is 0 Å². The van der Waals surface area contributed by atoms with Crippen LogP contribution in [0.4, 0.5) is 28.4 Å². The van der Waals surface area contributed by atoms with Gasteiger partial charge in [-0.25, -0.2) is 0 Å². The van der Waals surface area contributed by atoms with Crippen molar-refractivity contribution < 1.29 is 43.0 Å². The van der Waals surface area contributed by atoms with Gasteiger partial charge in [0.25, 0.3) is 11.8 Å². The lowest BCUT2D eigenvalue weighted by molar-refractivity contribution is -0.129. The summed E-state index contributed by atoms with van der Waals surface area (Å²) in [4.78, 5) is 88.9. The van der Waals surface area contributed by atoms with E-state index in [1.165, 1.54) is 5.56 Å². The molecule has 0 aliphatic carbocycles. The van der Waals surface area contributed by atoms with Crippen molar-refractivity contribution >= 4 is 85.2 Å². The Morgan fingerprint density at radius 3 is 1.88 bits per heavy atom. The summed E-state index contributed by atoms with van der Waals surface area (Å²) in [6.45, 7) is 12.7. The third-order valence-electron chi connectivity index (χ3n) is 15.6. The van der Waals surface area contributed by atoms with Crippen LogP contribution in [0, 0.1) is 12.8 Å². The predicted molar refractivity (Wildman–Crippen MR) is 320 cm³/mol. The molecule has 0 saturated carbocycles. The molecule has 0 radical (unpaired) electrons. The van der Waals surface area contributed by atoms with Gasteiger partial charge in [-0.05, 0) is 124 Å². The molecule has 80 heavy (non-hydrogen) atoms. The van der Waals surface area contributed by atoms with Gasteiger partial charge in [0.05, 0.1) is 47.7 Å². The minimum Gasteiger partial charge on any atom is -0.493 e. The number of amides is 4. The Balaban J connectivity index is 0.899. The molecule has 0 bridgehead atoms. The second-order valence-corrected chi connectivity index (χ2v) is 25.5. The number of benzene rings is 5. The number of likely N-dealkylation sites (N-methyl/N-ethyl adjacent to an activating group) is 2. The van der Waals surface area contributed by atoms with E-state index in [-0.39, 0.29) is 78.1 Å². The van der Waals surface area contributed by atoms with Gasteiger partial charge >= 0.3 is 0 Å². The summed E-state index contributed by atoms with van der Waals surface area (Å²) in [5, 5.41) is 5.89. The molecule has 2 N–H and O–H groups in total. The molecule has 5 aromatic rings. The van der Waals surface area contributed by atoms with E-state index in [4.69, 9.17) is 14.2 Å². The number of para-hydroxylation sites is 2. The molecule has 422 valence electrons. The number of anilines is 5. The monoisotopic (exact) mass is 1120 g/mol. The van der Waals surface area contributed by atoms with Crippen molar-refractivity contribution in [2.24, 2.45) is 5.92 Å². The standard InChI is InChI=1S/C63H74N6O9S2/c1-10-48(70)18-15-23-79-80-63(5,6)22-21-59(72)64-40(4)55(71)25-39(3)60(73)65-45-27-41(36-77-56-32-53-49(24-38(56)2)61(74)68-46(34-66(53)7)29-43-16-11-13-19-51(43)68)26-42(28-45)37-78-58-33-54-50(31-57(58)76-9)62(75)69-47(35-67(54)8)30-44-17-12-14-20-52(44)69/h11-14,16-17,19-20,24,26-28,31-33,39-40,46-47H,10,15,18,21-23,25,29-30,34-37H2,1-9H3,(H,64,72)(H,65,73)/t39-,40-,46-,47-/m0/s1. The van der Waals surface area contributed by atoms with Crippen molar-refractivity contribution in [3.05, 3.63) is 130 Å². The number of Topliss-reactive ketones (excluding diaryl/α,β-unsaturated/α-hetero) is 2. The van der Waals surface area contributed by atoms with E-state index in [1.807, 2.05) is 111 Å². The summed E-state index contributed by atoms with van der Waals surface area (Å²) in [5.74, 6) is 0.826. The number of methoxy groups -OCH3 is 1. The predicted octanol–water partition coefficient (Wildman–Crippen LogP) is 10.9. The van der Waals surface area contributed by atoms with E-state index in [0.717, 1.165) is 64.5 Å². The van der Waals surface area contributed by atoms with Crippen molar-refractivity contribution in [2.75, 3.05) is 65.0 Å². The number of nitrogens with zero attached hydrogens (tertiary/aromatic N) is 4. The van der Waals surface area contributed by atoms with Gasteiger partial charge in [0.2, 0.25) is 11.8 Å². The maximum absolute atomic E-state index is 14.3. The molecule has 0 saturated heterocycles. The van der Waals surface area contributed by atoms with Crippen molar-refractivity contribution in [2.45, 2.75) is 129 Å². The molecule has 4 aliphatic heterocycles. The summed E-state index contributed by atoms with van der Waals surface area (Å²) in [5.41, 5.74) is 9.50. The van der Waals surface area contributed by atoms with Crippen LogP contribution < -0.4 is 44.4 Å². The molecule has 0 spiro atoms. The number of ketones is 2. The molecule has 9 rings (SSSR count). The van der Waals surface area contributed by atoms with Crippen LogP contribution in [0.1, 0.15) is 122 Å². The average molecular weight is 1120 g/mol. The lowest BCUT2D eigenvalue weighted by Gasteiger charge is -2.25. The highest BCUT2D eigenvalue weighted by atomic mass is 33.1. The summed E-state index contributed by atoms with van der Waals surface area (Å²) >= 11 is 0. The third kappa shape index (κ3) is 12.9. The Morgan fingerprint density at radius 2 is 1.29 bits per heavy atom. The number of rotatable bonds is 23. The number of hydrogen-bond donors (Lipinski definition) is 2. The fourth-order valence-corrected chi connectivity index (χ4v) is 13.9. The van der Waals surface area contributed by atoms with Crippen LogP contribution in [-0.2, 0) is 45.2 Å². The van der Waals surface area contributed by atoms with Crippen molar-refractivity contribution in [3.63, 3.8) is 0 Å². The fraction of sp³-hybridized carbons (Fsp3) is 0.429. The van der Waals surface area contributed by atoms with Crippen LogP contribution in [0.5, 0.6) is 17.2 Å². The Hall–Kier alpha value is -6.98. The topological polar surface area (TPSA) is 167 Å². The number of aryl methyl sites for hydroxylation is 1. The van der Waals surface area contributed by atoms with Gasteiger partial charge in [0, 0.05) is 98.5 Å². The highest BCUT2D eigenvalue weighted by molar-refractivity contribution is 8.77. The molecule has 4 amide bonds. The first kappa shape index (κ1) is 57.7. The molecule has 0 unspecified atom stereocenters. The van der Waals surface area contributed by atoms with E-state index >= 15 is 0 Å². The first-order valence-corrected chi connectivity index (χ1v) is 30.1. The van der Waals surface area contributed by atoms with Gasteiger partial charge in [0.1, 0.15) is 24.7 Å². The Labute approximate surface area is 478 Å². The molecule has 0 fully saturated rings. The average Bonchev–Trinajstić information content (AvgIpc) is 4.14. The van der Waals surface area contributed by atoms with Crippen molar-refractivity contribution in [3.8, 4) is 17.2 Å². The number of hydrogen-bond acceptors (Lipinski definition) is 13. The molecule has 5 aromatic carbocycles.